The van der Waals surface area contributed by atoms with E-state index in [0.29, 0.717) is 30.2 Å². The summed E-state index contributed by atoms with van der Waals surface area (Å²) >= 11 is 0. The molecule has 3 aromatic rings. The van der Waals surface area contributed by atoms with Gasteiger partial charge >= 0.3 is 0 Å². The summed E-state index contributed by atoms with van der Waals surface area (Å²) in [5, 5.41) is 2.98. The van der Waals surface area contributed by atoms with Gasteiger partial charge in [-0.1, -0.05) is 24.3 Å². The normalized spacial score (nSPS) is 14.4. The van der Waals surface area contributed by atoms with Gasteiger partial charge in [-0.15, -0.1) is 0 Å². The van der Waals surface area contributed by atoms with Crippen molar-refractivity contribution in [3.8, 4) is 5.75 Å². The first kappa shape index (κ1) is 20.1. The Morgan fingerprint density at radius 2 is 2.00 bits per heavy atom. The quantitative estimate of drug-likeness (QED) is 0.623. The predicted molar refractivity (Wildman–Crippen MR) is 115 cm³/mol. The Morgan fingerprint density at radius 1 is 1.13 bits per heavy atom. The van der Waals surface area contributed by atoms with Crippen molar-refractivity contribution in [3.05, 3.63) is 78.4 Å². The molecule has 2 aromatic carbocycles. The van der Waals surface area contributed by atoms with Crippen LogP contribution in [0.1, 0.15) is 15.9 Å². The number of imidazole rings is 1. The monoisotopic (exact) mass is 406 g/mol. The number of anilines is 1. The predicted octanol–water partition coefficient (Wildman–Crippen LogP) is 3.05. The molecular formula is C23H26N4O3. The molecule has 0 atom stereocenters. The second-order valence-electron chi connectivity index (χ2n) is 7.19. The van der Waals surface area contributed by atoms with Gasteiger partial charge < -0.3 is 19.4 Å². The maximum Gasteiger partial charge on any atom is 0.255 e. The summed E-state index contributed by atoms with van der Waals surface area (Å²) in [6, 6.07) is 15.3. The van der Waals surface area contributed by atoms with Crippen LogP contribution in [0.5, 0.6) is 5.75 Å². The lowest BCUT2D eigenvalue weighted by atomic mass is 10.1. The van der Waals surface area contributed by atoms with Crippen LogP contribution in [-0.4, -0.2) is 53.3 Å². The van der Waals surface area contributed by atoms with Gasteiger partial charge in [-0.25, -0.2) is 4.98 Å². The maximum atomic E-state index is 12.9. The molecule has 30 heavy (non-hydrogen) atoms. The average Bonchev–Trinajstić information content (AvgIpc) is 3.29. The highest BCUT2D eigenvalue weighted by Crippen LogP contribution is 2.24. The highest BCUT2D eigenvalue weighted by atomic mass is 16.5. The van der Waals surface area contributed by atoms with E-state index in [1.54, 1.807) is 12.5 Å². The number of ether oxygens (including phenoxy) is 2. The summed E-state index contributed by atoms with van der Waals surface area (Å²) < 4.78 is 13.2. The van der Waals surface area contributed by atoms with Gasteiger partial charge in [0, 0.05) is 37.6 Å². The third kappa shape index (κ3) is 5.46. The summed E-state index contributed by atoms with van der Waals surface area (Å²) in [4.78, 5) is 19.2. The Hall–Kier alpha value is -3.16. The third-order valence-corrected chi connectivity index (χ3v) is 5.00. The largest absolute Gasteiger partial charge is 0.490 e. The smallest absolute Gasteiger partial charge is 0.255 e. The van der Waals surface area contributed by atoms with Crippen LogP contribution >= 0.6 is 0 Å². The molecule has 1 amide bonds. The first-order chi connectivity index (χ1) is 14.8. The molecular weight excluding hydrogens is 380 g/mol. The van der Waals surface area contributed by atoms with Crippen molar-refractivity contribution >= 4 is 11.6 Å². The molecule has 1 fully saturated rings. The van der Waals surface area contributed by atoms with E-state index in [4.69, 9.17) is 9.47 Å². The Bertz CT molecular complexity index is 953. The Kier molecular flexibility index (Phi) is 6.74. The lowest BCUT2D eigenvalue weighted by Crippen LogP contribution is -2.35. The van der Waals surface area contributed by atoms with E-state index in [0.717, 1.165) is 38.4 Å². The van der Waals surface area contributed by atoms with Crippen LogP contribution in [0.25, 0.3) is 0 Å². The van der Waals surface area contributed by atoms with E-state index in [9.17, 15) is 4.79 Å². The number of hydrogen-bond donors (Lipinski definition) is 1. The number of rotatable bonds is 8. The number of para-hydroxylation sites is 2. The van der Waals surface area contributed by atoms with Gasteiger partial charge in [0.1, 0.15) is 12.4 Å². The van der Waals surface area contributed by atoms with Gasteiger partial charge in [-0.05, 0) is 29.8 Å². The van der Waals surface area contributed by atoms with Crippen LogP contribution in [0.4, 0.5) is 5.69 Å². The molecule has 156 valence electrons. The number of nitrogens with zero attached hydrogens (tertiary/aromatic N) is 3. The molecule has 7 heteroatoms. The van der Waals surface area contributed by atoms with Crippen molar-refractivity contribution in [2.75, 3.05) is 38.2 Å². The van der Waals surface area contributed by atoms with Crippen molar-refractivity contribution in [2.45, 2.75) is 13.1 Å². The van der Waals surface area contributed by atoms with Crippen LogP contribution < -0.4 is 10.1 Å². The van der Waals surface area contributed by atoms with Gasteiger partial charge in [0.25, 0.3) is 5.91 Å². The Labute approximate surface area is 176 Å². The fourth-order valence-electron chi connectivity index (χ4n) is 3.40. The molecule has 0 unspecified atom stereocenters. The molecule has 1 N–H and O–H groups in total. The lowest BCUT2D eigenvalue weighted by Gasteiger charge is -2.26. The molecule has 0 saturated carbocycles. The van der Waals surface area contributed by atoms with E-state index in [2.05, 4.69) is 21.3 Å². The summed E-state index contributed by atoms with van der Waals surface area (Å²) in [7, 11) is 0. The van der Waals surface area contributed by atoms with Crippen molar-refractivity contribution in [1.82, 2.24) is 14.5 Å². The van der Waals surface area contributed by atoms with E-state index in [1.165, 1.54) is 0 Å². The molecule has 7 nitrogen and oxygen atoms in total. The standard InChI is InChI=1S/C23H26N4O3/c28-23(20-5-3-4-19(16-20)17-26-10-13-29-14-11-26)25-21-6-1-2-7-22(21)30-15-12-27-9-8-24-18-27/h1-9,16,18H,10-15,17H2,(H,25,28). The number of morpholine rings is 1. The number of hydrogen-bond acceptors (Lipinski definition) is 5. The van der Waals surface area contributed by atoms with E-state index in [1.807, 2.05) is 53.2 Å². The van der Waals surface area contributed by atoms with Crippen molar-refractivity contribution in [2.24, 2.45) is 0 Å². The Balaban J connectivity index is 1.38. The number of carbonyl (C=O) groups excluding carboxylic acids is 1. The molecule has 0 spiro atoms. The van der Waals surface area contributed by atoms with Crippen LogP contribution in [0.15, 0.2) is 67.3 Å². The summed E-state index contributed by atoms with van der Waals surface area (Å²) in [5.74, 6) is 0.500. The number of carbonyl (C=O) groups is 1. The van der Waals surface area contributed by atoms with Crippen LogP contribution in [0, 0.1) is 0 Å². The molecule has 2 heterocycles. The van der Waals surface area contributed by atoms with Crippen LogP contribution in [0.3, 0.4) is 0 Å². The fraction of sp³-hybridized carbons (Fsp3) is 0.304. The minimum Gasteiger partial charge on any atom is -0.490 e. The minimum atomic E-state index is -0.149. The molecule has 1 aromatic heterocycles. The van der Waals surface area contributed by atoms with Gasteiger partial charge in [-0.2, -0.15) is 0 Å². The first-order valence-corrected chi connectivity index (χ1v) is 10.2. The van der Waals surface area contributed by atoms with Crippen LogP contribution in [0.2, 0.25) is 0 Å². The minimum absolute atomic E-state index is 0.149. The zero-order valence-corrected chi connectivity index (χ0v) is 16.9. The average molecular weight is 406 g/mol. The van der Waals surface area contributed by atoms with Gasteiger partial charge in [0.05, 0.1) is 31.8 Å². The lowest BCUT2D eigenvalue weighted by molar-refractivity contribution is 0.0342. The van der Waals surface area contributed by atoms with Crippen molar-refractivity contribution < 1.29 is 14.3 Å². The second kappa shape index (κ2) is 10.0. The maximum absolute atomic E-state index is 12.9. The molecule has 0 bridgehead atoms. The zero-order chi connectivity index (χ0) is 20.6. The highest BCUT2D eigenvalue weighted by molar-refractivity contribution is 6.05. The van der Waals surface area contributed by atoms with E-state index in [-0.39, 0.29) is 5.91 Å². The van der Waals surface area contributed by atoms with Gasteiger partial charge in [-0.3, -0.25) is 9.69 Å². The fourth-order valence-corrected chi connectivity index (χ4v) is 3.40. The number of amides is 1. The number of nitrogens with one attached hydrogen (secondary N) is 1. The first-order valence-electron chi connectivity index (χ1n) is 10.2. The Morgan fingerprint density at radius 3 is 2.83 bits per heavy atom. The number of benzene rings is 2. The summed E-state index contributed by atoms with van der Waals surface area (Å²) in [6.45, 7) is 5.35. The second-order valence-corrected chi connectivity index (χ2v) is 7.19. The molecule has 4 rings (SSSR count). The SMILES string of the molecule is O=C(Nc1ccccc1OCCn1ccnc1)c1cccc(CN2CCOCC2)c1. The third-order valence-electron chi connectivity index (χ3n) is 5.00. The van der Waals surface area contributed by atoms with Gasteiger partial charge in [0.15, 0.2) is 0 Å². The van der Waals surface area contributed by atoms with Crippen molar-refractivity contribution in [1.29, 1.82) is 0 Å². The molecule has 0 radical (unpaired) electrons. The topological polar surface area (TPSA) is 68.6 Å². The van der Waals surface area contributed by atoms with E-state index >= 15 is 0 Å². The molecule has 1 aliphatic heterocycles. The van der Waals surface area contributed by atoms with Crippen LogP contribution in [-0.2, 0) is 17.8 Å². The molecule has 1 aliphatic rings. The molecule has 1 saturated heterocycles. The van der Waals surface area contributed by atoms with Crippen molar-refractivity contribution in [3.63, 3.8) is 0 Å². The van der Waals surface area contributed by atoms with Gasteiger partial charge in [0.2, 0.25) is 0 Å². The van der Waals surface area contributed by atoms with E-state index < -0.39 is 0 Å². The number of aromatic nitrogens is 2. The summed E-state index contributed by atoms with van der Waals surface area (Å²) in [5.41, 5.74) is 2.41. The summed E-state index contributed by atoms with van der Waals surface area (Å²) in [6.07, 6.45) is 5.38. The zero-order valence-electron chi connectivity index (χ0n) is 16.9. The highest BCUT2D eigenvalue weighted by Gasteiger charge is 2.13. The molecule has 0 aliphatic carbocycles.